The number of imidazole rings is 3. The Morgan fingerprint density at radius 1 is 0.573 bits per heavy atom. The Kier molecular flexibility index (Phi) is 28.0. The summed E-state index contributed by atoms with van der Waals surface area (Å²) in [6.45, 7) is 14.5. The van der Waals surface area contributed by atoms with Gasteiger partial charge in [-0.25, -0.2) is 28.7 Å². The predicted molar refractivity (Wildman–Crippen MR) is 348 cm³/mol. The van der Waals surface area contributed by atoms with E-state index < -0.39 is 0 Å². The molecule has 0 aliphatic carbocycles. The monoisotopic (exact) mass is 1350 g/mol. The van der Waals surface area contributed by atoms with Crippen molar-refractivity contribution < 1.29 is 58.9 Å². The Labute approximate surface area is 574 Å². The van der Waals surface area contributed by atoms with Crippen molar-refractivity contribution in [2.75, 3.05) is 62.3 Å². The van der Waals surface area contributed by atoms with Gasteiger partial charge in [0.15, 0.2) is 22.5 Å². The fraction of sp³-hybridized carbons (Fsp3) is 0.483. The van der Waals surface area contributed by atoms with E-state index in [0.29, 0.717) is 69.3 Å². The number of nitrogens with zero attached hydrogens (tertiary/aromatic N) is 18. The SMILES string of the molecule is CC#N.CC[C@@H]1O[C@@H](n2cnc3c(-[n+]4ccc(N(C)C)cc4)nc(Cl)nc32)C[C@@H]1C.CC[C@H]1O[C@@H](n2cnc3c(-[n+]4ccc(N(C)C)cc4)nc(Cl)nc32)CC1C.CC[C@H]1O[C@H](Cl)CC1C.CN(C)c1cc[n+](-c2nc(Cl)nc3nc[nH]c23)cc1.ClCCl.[H-].[Na+]. The van der Waals surface area contributed by atoms with E-state index in [-0.39, 0.29) is 82.4 Å². The van der Waals surface area contributed by atoms with Gasteiger partial charge in [0.05, 0.1) is 85.9 Å². The zero-order valence-corrected chi connectivity index (χ0v) is 59.4. The molecule has 2 unspecified atom stereocenters. The quantitative estimate of drug-likeness (QED) is 0.0553. The second-order valence-corrected chi connectivity index (χ2v) is 24.1. The summed E-state index contributed by atoms with van der Waals surface area (Å²) in [7, 11) is 12.0. The smallest absolute Gasteiger partial charge is 1.00 e. The second kappa shape index (κ2) is 34.3. The minimum atomic E-state index is -0.0742. The topological polar surface area (TPSA) is 214 Å². The number of halogens is 6. The van der Waals surface area contributed by atoms with Gasteiger partial charge < -0.3 is 35.3 Å². The van der Waals surface area contributed by atoms with Crippen molar-refractivity contribution in [3.8, 4) is 23.5 Å². The molecule has 0 aromatic carbocycles. The third-order valence-corrected chi connectivity index (χ3v) is 15.9. The fourth-order valence-electron chi connectivity index (χ4n) is 10.5. The summed E-state index contributed by atoms with van der Waals surface area (Å²) in [6, 6.07) is 13.8. The van der Waals surface area contributed by atoms with E-state index >= 15 is 0 Å². The van der Waals surface area contributed by atoms with Gasteiger partial charge in [0.1, 0.15) is 18.0 Å². The largest absolute Gasteiger partial charge is 1.00 e. The summed E-state index contributed by atoms with van der Waals surface area (Å²) in [5, 5.41) is 8.09. The van der Waals surface area contributed by atoms with Crippen LogP contribution in [0.5, 0.6) is 0 Å². The molecular weight excluding hydrogens is 1270 g/mol. The van der Waals surface area contributed by atoms with Crippen LogP contribution in [0.4, 0.5) is 17.1 Å². The number of ether oxygens (including phenoxy) is 3. The summed E-state index contributed by atoms with van der Waals surface area (Å²) in [6.07, 6.45) is 23.6. The van der Waals surface area contributed by atoms with Crippen LogP contribution in [0, 0.1) is 29.1 Å². The van der Waals surface area contributed by atoms with E-state index in [1.165, 1.54) is 6.92 Å². The number of pyridine rings is 3. The number of fused-ring (bicyclic) bond motifs is 3. The van der Waals surface area contributed by atoms with E-state index in [1.807, 2.05) is 153 Å². The molecule has 12 rings (SSSR count). The number of H-pyrrole nitrogens is 1. The van der Waals surface area contributed by atoms with Crippen LogP contribution in [0.3, 0.4) is 0 Å². The molecule has 0 bridgehead atoms. The third-order valence-electron chi connectivity index (χ3n) is 15.1. The minimum Gasteiger partial charge on any atom is -1.00 e. The molecule has 89 heavy (non-hydrogen) atoms. The van der Waals surface area contributed by atoms with Crippen LogP contribution in [-0.2, 0) is 14.2 Å². The number of anilines is 3. The minimum absolute atomic E-state index is 0. The first-order valence-electron chi connectivity index (χ1n) is 28.9. The molecule has 3 aliphatic rings. The maximum atomic E-state index is 7.32. The van der Waals surface area contributed by atoms with Gasteiger partial charge in [0.2, 0.25) is 11.0 Å². The van der Waals surface area contributed by atoms with E-state index in [9.17, 15) is 0 Å². The Hall–Kier alpha value is -5.39. The first-order valence-corrected chi connectivity index (χ1v) is 31.6. The van der Waals surface area contributed by atoms with Crippen LogP contribution in [0.2, 0.25) is 15.9 Å². The molecule has 0 amide bonds. The molecule has 3 aliphatic heterocycles. The summed E-state index contributed by atoms with van der Waals surface area (Å²) < 4.78 is 27.5. The third kappa shape index (κ3) is 18.4. The van der Waals surface area contributed by atoms with Crippen LogP contribution in [0.15, 0.2) is 92.6 Å². The summed E-state index contributed by atoms with van der Waals surface area (Å²) in [5.74, 6) is 3.65. The van der Waals surface area contributed by atoms with Crippen LogP contribution < -0.4 is 58.0 Å². The average molecular weight is 1350 g/mol. The number of aromatic nitrogens is 15. The molecule has 22 nitrogen and oxygen atoms in total. The van der Waals surface area contributed by atoms with Gasteiger partial charge in [-0.15, -0.1) is 23.2 Å². The standard InChI is InChI=1S/2C19H24ClN6O.C12H12ClN6.C7H13ClO.C2H3N.CH2Cl2.Na.H/c2*1-5-14-12(2)10-15(27-14)26-11-21-16-17(22-19(20)23-18(16)26)25-8-6-13(7-9-25)24(3)4;1-18(2)8-3-5-19(6-4-8)11-9-10(15-7-14-9)16-12(13)17-11;1-3-6-5(2)4-7(8)9-6;1-2-3;2-1-3;;/h2*6-9,11-12,14-15H,5,10H2,1-4H3;3-7H,1-2H3,(H,14,15,16,17);5-7H,3-4H2,1-2H3;1H3;1H2;;/q3*+1;;;;+1;-1/t12?,14-,15-;12-,14-,15+;;5?,6-,7+;;;;/m10.1..../s1. The molecule has 0 radical (unpaired) electrons. The van der Waals surface area contributed by atoms with Crippen molar-refractivity contribution in [3.05, 3.63) is 108 Å². The van der Waals surface area contributed by atoms with Crippen LogP contribution in [0.1, 0.15) is 101 Å². The summed E-state index contributed by atoms with van der Waals surface area (Å²) >= 11 is 33.7. The van der Waals surface area contributed by atoms with Crippen molar-refractivity contribution in [3.63, 3.8) is 0 Å². The molecule has 1 N–H and O–H groups in total. The van der Waals surface area contributed by atoms with Crippen molar-refractivity contribution >= 4 is 120 Å². The molecule has 29 heteroatoms. The van der Waals surface area contributed by atoms with Gasteiger partial charge in [-0.3, -0.25) is 9.13 Å². The van der Waals surface area contributed by atoms with Crippen molar-refractivity contribution in [2.24, 2.45) is 17.8 Å². The Morgan fingerprint density at radius 2 is 0.910 bits per heavy atom. The number of rotatable bonds is 11. The van der Waals surface area contributed by atoms with Gasteiger partial charge >= 0.3 is 62.9 Å². The number of hydrogen-bond donors (Lipinski definition) is 1. The molecule has 3 saturated heterocycles. The number of nitrogens with one attached hydrogen (secondary N) is 1. The van der Waals surface area contributed by atoms with Gasteiger partial charge in [-0.2, -0.15) is 20.2 Å². The van der Waals surface area contributed by atoms with Gasteiger partial charge in [0, 0.05) is 103 Å². The molecule has 0 spiro atoms. The van der Waals surface area contributed by atoms with Crippen molar-refractivity contribution in [1.82, 2.24) is 59.0 Å². The average Bonchev–Trinajstić information content (AvgIpc) is 2.43. The molecular formula is C60H79Cl6N19NaO3+3. The number of alkyl halides is 3. The molecule has 472 valence electrons. The zero-order valence-electron chi connectivity index (χ0n) is 53.8. The first kappa shape index (κ1) is 72.7. The van der Waals surface area contributed by atoms with E-state index in [1.54, 1.807) is 25.1 Å². The fourth-order valence-corrected chi connectivity index (χ4v) is 11.4. The Bertz CT molecular complexity index is 3550. The van der Waals surface area contributed by atoms with Crippen LogP contribution in [0.25, 0.3) is 50.9 Å². The normalized spacial score (nSPS) is 20.7. The number of nitriles is 1. The molecule has 9 aromatic rings. The molecule has 9 aromatic heterocycles. The van der Waals surface area contributed by atoms with Gasteiger partial charge in [0.25, 0.3) is 0 Å². The van der Waals surface area contributed by atoms with Crippen LogP contribution >= 0.6 is 69.6 Å². The summed E-state index contributed by atoms with van der Waals surface area (Å²) in [5.41, 5.74) is 7.41. The maximum absolute atomic E-state index is 7.32. The zero-order chi connectivity index (χ0) is 63.9. The predicted octanol–water partition coefficient (Wildman–Crippen LogP) is 9.12. The van der Waals surface area contributed by atoms with E-state index in [2.05, 4.69) is 91.4 Å². The van der Waals surface area contributed by atoms with Crippen molar-refractivity contribution in [1.29, 1.82) is 5.26 Å². The van der Waals surface area contributed by atoms with Crippen LogP contribution in [-0.4, -0.2) is 130 Å². The molecule has 12 heterocycles. The molecule has 9 atom stereocenters. The Morgan fingerprint density at radius 3 is 1.24 bits per heavy atom. The van der Waals surface area contributed by atoms with Gasteiger partial charge in [-0.05, 0) is 106 Å². The Balaban J connectivity index is 0.000000220. The van der Waals surface area contributed by atoms with E-state index in [0.717, 1.165) is 61.1 Å². The maximum Gasteiger partial charge on any atom is 1.00 e. The van der Waals surface area contributed by atoms with Gasteiger partial charge in [-0.1, -0.05) is 53.1 Å². The van der Waals surface area contributed by atoms with Crippen molar-refractivity contribution in [2.45, 2.75) is 123 Å². The molecule has 3 fully saturated rings. The number of hydrogen-bond acceptors (Lipinski definition) is 16. The van der Waals surface area contributed by atoms with E-state index in [4.69, 9.17) is 89.1 Å². The second-order valence-electron chi connectivity index (χ2n) is 21.8. The molecule has 0 saturated carbocycles. The first-order chi connectivity index (χ1) is 42.2. The summed E-state index contributed by atoms with van der Waals surface area (Å²) in [4.78, 5) is 48.4. The number of aromatic amines is 1.